The van der Waals surface area contributed by atoms with Crippen molar-refractivity contribution in [3.8, 4) is 120 Å². The first kappa shape index (κ1) is 98.6. The number of nitrogens with zero attached hydrogens (tertiary/aromatic N) is 10. The molecule has 0 aliphatic carbocycles. The first-order valence-electron chi connectivity index (χ1n) is 46.7. The lowest BCUT2D eigenvalue weighted by Crippen LogP contribution is -2.15. The van der Waals surface area contributed by atoms with Gasteiger partial charge in [-0.3, -0.25) is 22.0 Å². The number of alkyl halides is 1. The van der Waals surface area contributed by atoms with Crippen LogP contribution in [0.1, 0.15) is 11.1 Å². The van der Waals surface area contributed by atoms with Gasteiger partial charge in [0.05, 0.1) is 58.6 Å². The monoisotopic (exact) mass is 2130 g/mol. The van der Waals surface area contributed by atoms with Crippen LogP contribution in [0, 0.1) is 42.9 Å². The maximum Gasteiger partial charge on any atom is 0.163 e. The summed E-state index contributed by atoms with van der Waals surface area (Å²) in [4.78, 5) is 23.2. The summed E-state index contributed by atoms with van der Waals surface area (Å²) in [5.74, 6) is 8.36. The first-order valence-corrected chi connectivity index (χ1v) is 49.0. The van der Waals surface area contributed by atoms with Gasteiger partial charge in [0.2, 0.25) is 0 Å². The summed E-state index contributed by atoms with van der Waals surface area (Å²) < 4.78 is 156. The fourth-order valence-electron chi connectivity index (χ4n) is 17.2. The molecule has 6 N–H and O–H groups in total. The van der Waals surface area contributed by atoms with Gasteiger partial charge < -0.3 is 84.0 Å². The number of ether oxygens (including phenoxy) is 11. The molecule has 10 aromatic carbocycles. The van der Waals surface area contributed by atoms with Crippen molar-refractivity contribution in [2.24, 2.45) is 0 Å². The van der Waals surface area contributed by atoms with Gasteiger partial charge in [0, 0.05) is 90.0 Å². The number of pyridine rings is 5. The molecule has 0 saturated carbocycles. The molecule has 149 heavy (non-hydrogen) atoms. The molecule has 0 amide bonds. The predicted molar refractivity (Wildman–Crippen MR) is 567 cm³/mol. The minimum absolute atomic E-state index is 0.0723. The third kappa shape index (κ3) is 20.8. The average Bonchev–Trinajstić information content (AvgIpc) is 1.58. The van der Waals surface area contributed by atoms with Gasteiger partial charge >= 0.3 is 0 Å². The molecule has 0 bridgehead atoms. The molecule has 10 aromatic heterocycles. The molecule has 25 rings (SSSR count). The fraction of sp³-hybridized carbons (Fsp3) is 0.136. The van der Waals surface area contributed by atoms with Crippen molar-refractivity contribution in [2.45, 2.75) is 13.8 Å². The Kier molecular flexibility index (Phi) is 28.7. The zero-order valence-corrected chi connectivity index (χ0v) is 83.5. The van der Waals surface area contributed by atoms with Crippen LogP contribution >= 0.6 is 69.6 Å². The number of benzene rings is 10. The number of hydrogen-bond acceptors (Lipinski definition) is 22. The molecule has 27 nitrogen and oxygen atoms in total. The Balaban J connectivity index is 0.000000109. The van der Waals surface area contributed by atoms with Crippen LogP contribution in [0.5, 0.6) is 63.2 Å². The van der Waals surface area contributed by atoms with Gasteiger partial charge in [-0.2, -0.15) is 0 Å². The molecule has 754 valence electrons. The third-order valence-electron chi connectivity index (χ3n) is 24.0. The maximum atomic E-state index is 14.8. The molecule has 0 radical (unpaired) electrons. The van der Waals surface area contributed by atoms with Crippen LogP contribution in [-0.2, 0) is 0 Å². The Hall–Kier alpha value is -16.4. The van der Waals surface area contributed by atoms with Gasteiger partial charge in [-0.05, 0) is 195 Å². The van der Waals surface area contributed by atoms with E-state index >= 15 is 0 Å². The highest BCUT2D eigenvalue weighted by Crippen LogP contribution is 2.49. The van der Waals surface area contributed by atoms with Crippen LogP contribution in [0.4, 0.5) is 89.7 Å². The number of aromatic nitrogens is 10. The van der Waals surface area contributed by atoms with Crippen LogP contribution in [-0.4, -0.2) is 133 Å². The normalized spacial score (nSPS) is 12.9. The van der Waals surface area contributed by atoms with Crippen LogP contribution in [0.15, 0.2) is 274 Å². The zero-order valence-electron chi connectivity index (χ0n) is 79.0. The van der Waals surface area contributed by atoms with Crippen molar-refractivity contribution in [3.63, 3.8) is 0 Å². The van der Waals surface area contributed by atoms with Gasteiger partial charge in [0.25, 0.3) is 0 Å². The molecule has 20 aromatic rings. The molecule has 0 unspecified atom stereocenters. The third-order valence-corrected chi connectivity index (χ3v) is 25.9. The smallest absolute Gasteiger partial charge is 0.163 e. The quantitative estimate of drug-likeness (QED) is 0.0411. The largest absolute Gasteiger partial charge is 0.489 e. The van der Waals surface area contributed by atoms with Crippen molar-refractivity contribution in [1.82, 2.24) is 46.9 Å². The highest BCUT2D eigenvalue weighted by Gasteiger charge is 2.31. The second-order valence-electron chi connectivity index (χ2n) is 33.9. The number of hydrogen-bond donors (Lipinski definition) is 6. The Labute approximate surface area is 876 Å². The number of anilines is 11. The van der Waals surface area contributed by atoms with E-state index in [-0.39, 0.29) is 49.6 Å². The highest BCUT2D eigenvalue weighted by molar-refractivity contribution is 6.39. The van der Waals surface area contributed by atoms with E-state index in [1.54, 1.807) is 89.5 Å². The maximum absolute atomic E-state index is 14.8. The summed E-state index contributed by atoms with van der Waals surface area (Å²) in [6, 6.07) is 70.9. The Bertz CT molecular complexity index is 7970. The van der Waals surface area contributed by atoms with Crippen molar-refractivity contribution in [2.75, 3.05) is 118 Å². The molecule has 15 heterocycles. The van der Waals surface area contributed by atoms with Gasteiger partial charge in [-0.1, -0.05) is 118 Å². The number of halogens is 12. The molecule has 0 saturated heterocycles. The SMILES string of the molecule is CNc1cccc2nc(-c3c(F)cccc3Cl)c(Nc3ccc4c(c3)OCCO4)n12.Cc1ccc2nc(-c3c(Cl)cccc3Cl)c(Nc3ccc4c(c3)OCCO4)n2c1.Cc1ccc2nc(-c3c(F)cccc3Cl)c(Nc3ccc4c(c3)OCCO4)n2c1.FCCOc1ccc2nc(-c3c(F)cccc3Cl)c(Nc3ccc4c(c3)OCCO4)n2c1.Fc1ccc2nc(-c3c(F)cccc3Cl)c(Nc3ccc4c(c3)OCCO4)n2c1. The molecule has 0 spiro atoms. The molecule has 0 atom stereocenters. The minimum Gasteiger partial charge on any atom is -0.489 e. The number of aryl methyl sites for hydroxylation is 2. The number of rotatable bonds is 19. The van der Waals surface area contributed by atoms with E-state index < -0.39 is 35.8 Å². The van der Waals surface area contributed by atoms with Crippen molar-refractivity contribution >= 4 is 161 Å². The van der Waals surface area contributed by atoms with Gasteiger partial charge in [-0.15, -0.1) is 0 Å². The summed E-state index contributed by atoms with van der Waals surface area (Å²) >= 11 is 38.3. The van der Waals surface area contributed by atoms with Crippen LogP contribution in [0.25, 0.3) is 84.5 Å². The lowest BCUT2D eigenvalue weighted by Gasteiger charge is -2.19. The van der Waals surface area contributed by atoms with Gasteiger partial charge in [-0.25, -0.2) is 51.3 Å². The molecular formula is C110H84Cl6F6N16O11. The second-order valence-corrected chi connectivity index (χ2v) is 36.3. The minimum atomic E-state index is -0.611. The predicted octanol–water partition coefficient (Wildman–Crippen LogP) is 28.2. The Morgan fingerprint density at radius 3 is 0.899 bits per heavy atom. The second kappa shape index (κ2) is 43.3. The molecule has 5 aliphatic heterocycles. The van der Waals surface area contributed by atoms with Crippen molar-refractivity contribution < 1.29 is 78.4 Å². The first-order chi connectivity index (χ1) is 72.6. The highest BCUT2D eigenvalue weighted by atomic mass is 35.5. The summed E-state index contributed by atoms with van der Waals surface area (Å²) in [5, 5.41) is 22.0. The van der Waals surface area contributed by atoms with Crippen molar-refractivity contribution in [1.29, 1.82) is 0 Å². The number of fused-ring (bicyclic) bond motifs is 10. The van der Waals surface area contributed by atoms with Gasteiger partial charge in [0.15, 0.2) is 57.5 Å². The van der Waals surface area contributed by atoms with Crippen LogP contribution in [0.2, 0.25) is 30.1 Å². The molecule has 0 fully saturated rings. The number of nitrogens with one attached hydrogen (secondary N) is 6. The summed E-state index contributed by atoms with van der Waals surface area (Å²) in [7, 11) is 1.82. The summed E-state index contributed by atoms with van der Waals surface area (Å²) in [5.41, 5.74) is 12.6. The van der Waals surface area contributed by atoms with Crippen LogP contribution in [0.3, 0.4) is 0 Å². The van der Waals surface area contributed by atoms with Gasteiger partial charge in [0.1, 0.15) is 206 Å². The van der Waals surface area contributed by atoms with E-state index in [4.69, 9.17) is 127 Å². The summed E-state index contributed by atoms with van der Waals surface area (Å²) in [6.07, 6.45) is 6.91. The molecule has 5 aliphatic rings. The van der Waals surface area contributed by atoms with Crippen molar-refractivity contribution in [3.05, 3.63) is 344 Å². The fourth-order valence-corrected chi connectivity index (χ4v) is 18.8. The van der Waals surface area contributed by atoms with E-state index in [0.29, 0.717) is 224 Å². The van der Waals surface area contributed by atoms with E-state index in [9.17, 15) is 26.3 Å². The van der Waals surface area contributed by atoms with Crippen LogP contribution < -0.4 is 84.0 Å². The Morgan fingerprint density at radius 1 is 0.289 bits per heavy atom. The van der Waals surface area contributed by atoms with E-state index in [1.165, 1.54) is 59.1 Å². The Morgan fingerprint density at radius 2 is 0.564 bits per heavy atom. The summed E-state index contributed by atoms with van der Waals surface area (Å²) in [6.45, 7) is 8.37. The lowest BCUT2D eigenvalue weighted by atomic mass is 10.1. The lowest BCUT2D eigenvalue weighted by molar-refractivity contribution is 0.171. The molecule has 39 heteroatoms. The van der Waals surface area contributed by atoms with E-state index in [2.05, 4.69) is 51.8 Å². The van der Waals surface area contributed by atoms with E-state index in [1.807, 2.05) is 168 Å². The standard InChI is InChI=1S/C23H18ClF2N3O3.C22H17Cl2N3O2.C22H18ClFN4O2.C22H17ClFN3O2.C21H14ClF2N3O2/c24-16-2-1-3-17(26)21(16)22-23(27-14-4-6-18-19(12-14)32-11-10-31-18)29-13-15(30-9-8-25)5-7-20(29)28-22;1-13-5-8-19-26-21(20-15(23)3-2-4-16(20)24)22(27(19)12-13)25-14-6-7-17-18(11-14)29-10-9-28-17;1-25-18-6-3-7-19-27-21(20-14(23)4-2-5-15(20)24)22(28(18)19)26-13-8-9-16-17(12-13)30-11-10-29-16;1-13-5-8-19-26-21(20-15(23)3-2-4-16(20)24)22(27(19)12-13)25-14-6-7-17-18(11-14)29-10-9-28-17;22-14-2-1-3-15(24)19(14)20-21(27-11-12(23)4-7-18(27)26-20)25-13-5-6-16-17(10-13)29-9-8-28-16/h1-7,12-13,27H,8-11H2;2-8,11-12,25H,9-10H2,1H3;2-9,12,25-26H,10-11H2,1H3;2-8,11-12,25H,9-10H2,1H3;1-7,10-11,25H,8-9H2. The molecular weight excluding hydrogens is 2050 g/mol. The topological polar surface area (TPSA) is 260 Å². The average molecular weight is 2130 g/mol. The zero-order chi connectivity index (χ0) is 103. The van der Waals surface area contributed by atoms with E-state index in [0.717, 1.165) is 51.2 Å². The number of imidazole rings is 5.